The van der Waals surface area contributed by atoms with Crippen LogP contribution in [0.1, 0.15) is 5.56 Å². The normalized spacial score (nSPS) is 11.6. The van der Waals surface area contributed by atoms with Gasteiger partial charge in [0, 0.05) is 33.5 Å². The highest BCUT2D eigenvalue weighted by Crippen LogP contribution is 2.47. The zero-order valence-electron chi connectivity index (χ0n) is 27.4. The van der Waals surface area contributed by atoms with Crippen molar-refractivity contribution in [2.75, 3.05) is 9.80 Å². The SMILES string of the molecule is C[Si](C)(C)c1ccc(N(c2ccccc2)c2ccc3ccc4c(N(c5ccccc5)c5cccc(C#N)c5)ccc5ccc2c3c54)cc1. The van der Waals surface area contributed by atoms with E-state index in [1.54, 1.807) is 0 Å². The molecule has 0 radical (unpaired) electrons. The van der Waals surface area contributed by atoms with E-state index < -0.39 is 8.07 Å². The first kappa shape index (κ1) is 29.5. The molecule has 0 N–H and O–H groups in total. The van der Waals surface area contributed by atoms with Gasteiger partial charge in [0.2, 0.25) is 0 Å². The van der Waals surface area contributed by atoms with E-state index >= 15 is 0 Å². The lowest BCUT2D eigenvalue weighted by Crippen LogP contribution is -2.37. The topological polar surface area (TPSA) is 30.3 Å². The molecule has 8 rings (SSSR count). The molecule has 0 fully saturated rings. The number of anilines is 6. The van der Waals surface area contributed by atoms with Gasteiger partial charge in [-0.1, -0.05) is 116 Å². The molecular formula is C44H35N3Si. The second-order valence-electron chi connectivity index (χ2n) is 13.4. The van der Waals surface area contributed by atoms with Gasteiger partial charge in [-0.2, -0.15) is 5.26 Å². The van der Waals surface area contributed by atoms with Crippen molar-refractivity contribution in [2.24, 2.45) is 0 Å². The molecule has 8 aromatic carbocycles. The third-order valence-corrected chi connectivity index (χ3v) is 11.4. The predicted octanol–water partition coefficient (Wildman–Crippen LogP) is 11.9. The highest BCUT2D eigenvalue weighted by atomic mass is 28.3. The number of hydrogen-bond donors (Lipinski definition) is 0. The zero-order chi connectivity index (χ0) is 32.8. The number of benzene rings is 8. The first-order chi connectivity index (χ1) is 23.4. The van der Waals surface area contributed by atoms with Crippen LogP contribution in [0.25, 0.3) is 32.3 Å². The van der Waals surface area contributed by atoms with E-state index in [0.29, 0.717) is 5.56 Å². The molecule has 48 heavy (non-hydrogen) atoms. The van der Waals surface area contributed by atoms with Crippen molar-refractivity contribution in [3.05, 3.63) is 163 Å². The van der Waals surface area contributed by atoms with Gasteiger partial charge in [-0.3, -0.25) is 0 Å². The van der Waals surface area contributed by atoms with Crippen LogP contribution in [0.4, 0.5) is 34.1 Å². The molecule has 0 saturated heterocycles. The number of nitriles is 1. The molecule has 3 nitrogen and oxygen atoms in total. The Kier molecular flexibility index (Phi) is 7.21. The minimum atomic E-state index is -1.45. The second kappa shape index (κ2) is 11.7. The lowest BCUT2D eigenvalue weighted by Gasteiger charge is -2.29. The largest absolute Gasteiger partial charge is 0.310 e. The summed E-state index contributed by atoms with van der Waals surface area (Å²) in [7, 11) is -1.45. The van der Waals surface area contributed by atoms with E-state index in [9.17, 15) is 5.26 Å². The van der Waals surface area contributed by atoms with Crippen LogP contribution in [0, 0.1) is 11.3 Å². The van der Waals surface area contributed by atoms with Crippen LogP contribution in [0.5, 0.6) is 0 Å². The van der Waals surface area contributed by atoms with Crippen LogP contribution >= 0.6 is 0 Å². The van der Waals surface area contributed by atoms with Crippen LogP contribution in [0.3, 0.4) is 0 Å². The van der Waals surface area contributed by atoms with Crippen LogP contribution < -0.4 is 15.0 Å². The summed E-state index contributed by atoms with van der Waals surface area (Å²) in [6.07, 6.45) is 0. The van der Waals surface area contributed by atoms with Crippen molar-refractivity contribution >= 4 is 79.7 Å². The molecule has 0 bridgehead atoms. The van der Waals surface area contributed by atoms with Gasteiger partial charge in [0.25, 0.3) is 0 Å². The molecule has 230 valence electrons. The maximum absolute atomic E-state index is 9.76. The van der Waals surface area contributed by atoms with Crippen molar-refractivity contribution in [3.8, 4) is 6.07 Å². The molecular weight excluding hydrogens is 599 g/mol. The summed E-state index contributed by atoms with van der Waals surface area (Å²) in [6, 6.07) is 58.5. The van der Waals surface area contributed by atoms with Gasteiger partial charge in [0.05, 0.1) is 31.1 Å². The van der Waals surface area contributed by atoms with Crippen LogP contribution in [-0.2, 0) is 0 Å². The summed E-state index contributed by atoms with van der Waals surface area (Å²) in [4.78, 5) is 4.66. The van der Waals surface area contributed by atoms with Gasteiger partial charge < -0.3 is 9.80 Å². The summed E-state index contributed by atoms with van der Waals surface area (Å²) in [5, 5.41) is 18.5. The molecule has 0 heterocycles. The quantitative estimate of drug-likeness (QED) is 0.129. The van der Waals surface area contributed by atoms with Crippen molar-refractivity contribution in [1.82, 2.24) is 0 Å². The first-order valence-corrected chi connectivity index (χ1v) is 19.9. The highest BCUT2D eigenvalue weighted by Gasteiger charge is 2.22. The van der Waals surface area contributed by atoms with Crippen molar-refractivity contribution in [3.63, 3.8) is 0 Å². The average Bonchev–Trinajstić information content (AvgIpc) is 3.12. The molecule has 8 aromatic rings. The third-order valence-electron chi connectivity index (χ3n) is 9.35. The Balaban J connectivity index is 1.38. The van der Waals surface area contributed by atoms with Crippen molar-refractivity contribution < 1.29 is 0 Å². The molecule has 4 heteroatoms. The Morgan fingerprint density at radius 3 is 1.42 bits per heavy atom. The van der Waals surface area contributed by atoms with E-state index in [-0.39, 0.29) is 0 Å². The van der Waals surface area contributed by atoms with E-state index in [4.69, 9.17) is 0 Å². The van der Waals surface area contributed by atoms with E-state index in [0.717, 1.165) is 34.1 Å². The molecule has 0 aliphatic rings. The van der Waals surface area contributed by atoms with E-state index in [1.807, 2.05) is 24.3 Å². The van der Waals surface area contributed by atoms with Crippen molar-refractivity contribution in [2.45, 2.75) is 19.6 Å². The van der Waals surface area contributed by atoms with Gasteiger partial charge in [0.15, 0.2) is 0 Å². The van der Waals surface area contributed by atoms with Gasteiger partial charge in [-0.25, -0.2) is 0 Å². The molecule has 0 saturated carbocycles. The first-order valence-electron chi connectivity index (χ1n) is 16.4. The van der Waals surface area contributed by atoms with Gasteiger partial charge in [-0.15, -0.1) is 0 Å². The summed E-state index contributed by atoms with van der Waals surface area (Å²) in [5.41, 5.74) is 7.12. The third kappa shape index (κ3) is 5.06. The van der Waals surface area contributed by atoms with Gasteiger partial charge >= 0.3 is 0 Å². The Bertz CT molecular complexity index is 2440. The molecule has 0 aliphatic heterocycles. The smallest absolute Gasteiger partial charge is 0.0992 e. The summed E-state index contributed by atoms with van der Waals surface area (Å²) in [6.45, 7) is 7.18. The number of para-hydroxylation sites is 2. The summed E-state index contributed by atoms with van der Waals surface area (Å²) in [5.74, 6) is 0. The fraction of sp³-hybridized carbons (Fsp3) is 0.0682. The summed E-state index contributed by atoms with van der Waals surface area (Å²) < 4.78 is 0. The molecule has 0 amide bonds. The Morgan fingerprint density at radius 1 is 0.458 bits per heavy atom. The molecule has 0 atom stereocenters. The predicted molar refractivity (Wildman–Crippen MR) is 207 cm³/mol. The monoisotopic (exact) mass is 633 g/mol. The maximum atomic E-state index is 9.76. The standard InChI is InChI=1S/C44H35N3Si/c1-48(2,3)38-23-21-36(22-24-38)46(34-12-6-4-7-13-34)41-27-19-32-18-26-40-42(28-20-33-17-25-39(41)43(32)44(33)40)47(35-14-8-5-9-15-35)37-16-10-11-31(29-37)30-45/h4-29H,1-3H3. The van der Waals surface area contributed by atoms with Gasteiger partial charge in [-0.05, 0) is 88.3 Å². The molecule has 0 aromatic heterocycles. The van der Waals surface area contributed by atoms with Crippen LogP contribution in [0.2, 0.25) is 19.6 Å². The molecule has 0 unspecified atom stereocenters. The zero-order valence-corrected chi connectivity index (χ0v) is 28.4. The van der Waals surface area contributed by atoms with Crippen LogP contribution in [-0.4, -0.2) is 8.07 Å². The lowest BCUT2D eigenvalue weighted by atomic mass is 9.91. The average molecular weight is 634 g/mol. The van der Waals surface area contributed by atoms with E-state index in [2.05, 4.69) is 169 Å². The summed E-state index contributed by atoms with van der Waals surface area (Å²) >= 11 is 0. The number of rotatable bonds is 7. The number of nitrogens with zero attached hydrogens (tertiary/aromatic N) is 3. The minimum absolute atomic E-state index is 0.634. The maximum Gasteiger partial charge on any atom is 0.0992 e. The Labute approximate surface area is 282 Å². The van der Waals surface area contributed by atoms with E-state index in [1.165, 1.54) is 37.5 Å². The molecule has 0 aliphatic carbocycles. The fourth-order valence-electron chi connectivity index (χ4n) is 6.99. The molecule has 0 spiro atoms. The Morgan fingerprint density at radius 2 is 0.917 bits per heavy atom. The Hall–Kier alpha value is -5.89. The lowest BCUT2D eigenvalue weighted by molar-refractivity contribution is 1.29. The second-order valence-corrected chi connectivity index (χ2v) is 18.5. The van der Waals surface area contributed by atoms with Crippen LogP contribution in [0.15, 0.2) is 158 Å². The number of hydrogen-bond acceptors (Lipinski definition) is 3. The van der Waals surface area contributed by atoms with Gasteiger partial charge in [0.1, 0.15) is 0 Å². The van der Waals surface area contributed by atoms with Crippen molar-refractivity contribution in [1.29, 1.82) is 5.26 Å². The minimum Gasteiger partial charge on any atom is -0.310 e. The highest BCUT2D eigenvalue weighted by molar-refractivity contribution is 6.88. The fourth-order valence-corrected chi connectivity index (χ4v) is 8.16.